The first-order chi connectivity index (χ1) is 8.04. The van der Waals surface area contributed by atoms with Crippen molar-refractivity contribution in [1.29, 1.82) is 0 Å². The monoisotopic (exact) mass is 250 g/mol. The third kappa shape index (κ3) is 2.46. The minimum Gasteiger partial charge on any atom is -0.337 e. The maximum absolute atomic E-state index is 12.0. The van der Waals surface area contributed by atoms with Crippen LogP contribution < -0.4 is 0 Å². The maximum atomic E-state index is 12.0. The highest BCUT2D eigenvalue weighted by Gasteiger charge is 2.25. The number of carbonyl (C=O) groups is 1. The van der Waals surface area contributed by atoms with Crippen molar-refractivity contribution in [1.82, 2.24) is 9.88 Å². The Hall–Kier alpha value is -1.03. The van der Waals surface area contributed by atoms with Gasteiger partial charge in [0.15, 0.2) is 0 Å². The van der Waals surface area contributed by atoms with Gasteiger partial charge in [-0.15, -0.1) is 0 Å². The van der Waals surface area contributed by atoms with Gasteiger partial charge in [-0.1, -0.05) is 19.9 Å². The van der Waals surface area contributed by atoms with Gasteiger partial charge in [0.05, 0.1) is 0 Å². The van der Waals surface area contributed by atoms with Gasteiger partial charge in [-0.2, -0.15) is 12.6 Å². The minimum atomic E-state index is -0.103. The van der Waals surface area contributed by atoms with Gasteiger partial charge < -0.3 is 4.90 Å². The zero-order valence-corrected chi connectivity index (χ0v) is 11.2. The maximum Gasteiger partial charge on any atom is 0.272 e. The van der Waals surface area contributed by atoms with E-state index in [1.807, 2.05) is 17.0 Å². The van der Waals surface area contributed by atoms with Gasteiger partial charge in [0.1, 0.15) is 5.69 Å². The number of hydrogen-bond acceptors (Lipinski definition) is 3. The smallest absolute Gasteiger partial charge is 0.272 e. The molecule has 0 atom stereocenters. The van der Waals surface area contributed by atoms with E-state index in [9.17, 15) is 4.79 Å². The molecule has 0 spiro atoms. The number of hydrogen-bond donors (Lipinski definition) is 1. The van der Waals surface area contributed by atoms with Gasteiger partial charge in [0.2, 0.25) is 0 Å². The van der Waals surface area contributed by atoms with E-state index in [2.05, 4.69) is 31.5 Å². The van der Waals surface area contributed by atoms with Crippen molar-refractivity contribution in [3.63, 3.8) is 0 Å². The Bertz CT molecular complexity index is 427. The molecule has 0 radical (unpaired) electrons. The third-order valence-corrected chi connectivity index (χ3v) is 3.99. The van der Waals surface area contributed by atoms with Crippen molar-refractivity contribution >= 4 is 18.5 Å². The molecule has 1 aromatic heterocycles. The molecule has 2 heterocycles. The van der Waals surface area contributed by atoms with Crippen molar-refractivity contribution in [3.05, 3.63) is 29.6 Å². The molecule has 0 unspecified atom stereocenters. The fourth-order valence-electron chi connectivity index (χ4n) is 1.69. The minimum absolute atomic E-state index is 0.0491. The summed E-state index contributed by atoms with van der Waals surface area (Å²) in [6.45, 7) is 5.89. The molecule has 1 amide bonds. The van der Waals surface area contributed by atoms with Crippen LogP contribution in [-0.4, -0.2) is 34.6 Å². The summed E-state index contributed by atoms with van der Waals surface area (Å²) in [6.07, 6.45) is 1.10. The summed E-state index contributed by atoms with van der Waals surface area (Å²) < 4.78 is 0. The Morgan fingerprint density at radius 2 is 2.18 bits per heavy atom. The number of thiol groups is 1. The zero-order valence-electron chi connectivity index (χ0n) is 10.3. The first-order valence-corrected chi connectivity index (χ1v) is 6.55. The van der Waals surface area contributed by atoms with Gasteiger partial charge in [-0.25, -0.2) is 4.98 Å². The lowest BCUT2D eigenvalue weighted by atomic mass is 9.91. The zero-order chi connectivity index (χ0) is 12.5. The summed E-state index contributed by atoms with van der Waals surface area (Å²) in [5.74, 6) is 0.759. The lowest BCUT2D eigenvalue weighted by Crippen LogP contribution is -2.42. The predicted molar refractivity (Wildman–Crippen MR) is 71.6 cm³/mol. The number of carbonyl (C=O) groups excluding carboxylic acids is 1. The Morgan fingerprint density at radius 3 is 2.71 bits per heavy atom. The first kappa shape index (κ1) is 12.4. The molecule has 1 aromatic rings. The summed E-state index contributed by atoms with van der Waals surface area (Å²) in [5, 5.41) is 0. The molecule has 0 aromatic carbocycles. The van der Waals surface area contributed by atoms with E-state index in [-0.39, 0.29) is 11.3 Å². The van der Waals surface area contributed by atoms with Crippen molar-refractivity contribution in [2.24, 2.45) is 0 Å². The number of nitrogens with zero attached hydrogens (tertiary/aromatic N) is 2. The highest BCUT2D eigenvalue weighted by atomic mass is 32.1. The normalized spacial score (nSPS) is 15.6. The second-order valence-corrected chi connectivity index (χ2v) is 5.41. The largest absolute Gasteiger partial charge is 0.337 e. The van der Waals surface area contributed by atoms with Gasteiger partial charge in [-0.05, 0) is 18.6 Å². The number of amides is 1. The molecule has 3 nitrogen and oxygen atoms in total. The third-order valence-electron chi connectivity index (χ3n) is 3.20. The molecule has 1 fully saturated rings. The van der Waals surface area contributed by atoms with E-state index in [0.717, 1.165) is 25.2 Å². The Labute approximate surface area is 108 Å². The molecular weight excluding hydrogens is 232 g/mol. The molecule has 1 saturated heterocycles. The van der Waals surface area contributed by atoms with E-state index in [1.54, 1.807) is 6.07 Å². The number of aromatic nitrogens is 1. The van der Waals surface area contributed by atoms with Crippen LogP contribution >= 0.6 is 12.6 Å². The summed E-state index contributed by atoms with van der Waals surface area (Å²) in [5.41, 5.74) is 1.38. The SMILES string of the molecule is CC(C)(CS)c1cccc(C(=O)N2CCC2)n1. The van der Waals surface area contributed by atoms with Crippen LogP contribution in [0.1, 0.15) is 36.5 Å². The van der Waals surface area contributed by atoms with Crippen LogP contribution in [0.25, 0.3) is 0 Å². The van der Waals surface area contributed by atoms with E-state index < -0.39 is 0 Å². The van der Waals surface area contributed by atoms with Gasteiger partial charge in [0, 0.05) is 30.0 Å². The van der Waals surface area contributed by atoms with E-state index in [0.29, 0.717) is 11.4 Å². The van der Waals surface area contributed by atoms with Crippen LogP contribution in [0.15, 0.2) is 18.2 Å². The lowest BCUT2D eigenvalue weighted by molar-refractivity contribution is 0.0645. The fraction of sp³-hybridized carbons (Fsp3) is 0.538. The number of likely N-dealkylation sites (tertiary alicyclic amines) is 1. The molecule has 4 heteroatoms. The molecule has 1 aliphatic rings. The highest BCUT2D eigenvalue weighted by Crippen LogP contribution is 2.23. The summed E-state index contributed by atoms with van der Waals surface area (Å²) >= 11 is 4.33. The first-order valence-electron chi connectivity index (χ1n) is 5.92. The quantitative estimate of drug-likeness (QED) is 0.834. The highest BCUT2D eigenvalue weighted by molar-refractivity contribution is 7.80. The molecule has 17 heavy (non-hydrogen) atoms. The van der Waals surface area contributed by atoms with E-state index >= 15 is 0 Å². The van der Waals surface area contributed by atoms with Crippen LogP contribution in [0.3, 0.4) is 0 Å². The molecule has 0 bridgehead atoms. The van der Waals surface area contributed by atoms with Crippen LogP contribution in [0.5, 0.6) is 0 Å². The molecule has 92 valence electrons. The Morgan fingerprint density at radius 1 is 1.47 bits per heavy atom. The number of rotatable bonds is 3. The standard InChI is InChI=1S/C13H18N2OS/c1-13(2,9-17)11-6-3-5-10(14-11)12(16)15-7-4-8-15/h3,5-6,17H,4,7-9H2,1-2H3. The lowest BCUT2D eigenvalue weighted by Gasteiger charge is -2.31. The van der Waals surface area contributed by atoms with Crippen molar-refractivity contribution in [2.75, 3.05) is 18.8 Å². The van der Waals surface area contributed by atoms with Gasteiger partial charge in [0.25, 0.3) is 5.91 Å². The Balaban J connectivity index is 2.24. The van der Waals surface area contributed by atoms with Crippen LogP contribution in [0.2, 0.25) is 0 Å². The van der Waals surface area contributed by atoms with Gasteiger partial charge in [-0.3, -0.25) is 4.79 Å². The summed E-state index contributed by atoms with van der Waals surface area (Å²) in [7, 11) is 0. The predicted octanol–water partition coefficient (Wildman–Crippen LogP) is 2.13. The van der Waals surface area contributed by atoms with E-state index in [4.69, 9.17) is 0 Å². The molecular formula is C13H18N2OS. The topological polar surface area (TPSA) is 33.2 Å². The van der Waals surface area contributed by atoms with Crippen LogP contribution in [0.4, 0.5) is 0 Å². The average molecular weight is 250 g/mol. The summed E-state index contributed by atoms with van der Waals surface area (Å²) in [6, 6.07) is 5.66. The van der Waals surface area contributed by atoms with Crippen molar-refractivity contribution < 1.29 is 4.79 Å². The molecule has 2 rings (SSSR count). The summed E-state index contributed by atoms with van der Waals surface area (Å²) in [4.78, 5) is 18.3. The fourth-order valence-corrected chi connectivity index (χ4v) is 1.86. The second kappa shape index (κ2) is 4.69. The van der Waals surface area contributed by atoms with Gasteiger partial charge >= 0.3 is 0 Å². The van der Waals surface area contributed by atoms with Crippen molar-refractivity contribution in [2.45, 2.75) is 25.7 Å². The molecule has 0 N–H and O–H groups in total. The average Bonchev–Trinajstić information content (AvgIpc) is 2.27. The molecule has 0 aliphatic carbocycles. The molecule has 1 aliphatic heterocycles. The second-order valence-electron chi connectivity index (χ2n) is 5.10. The van der Waals surface area contributed by atoms with Crippen LogP contribution in [-0.2, 0) is 5.41 Å². The van der Waals surface area contributed by atoms with E-state index in [1.165, 1.54) is 0 Å². The van der Waals surface area contributed by atoms with Crippen LogP contribution in [0, 0.1) is 0 Å². The van der Waals surface area contributed by atoms with Crippen molar-refractivity contribution in [3.8, 4) is 0 Å². The number of pyridine rings is 1. The molecule has 0 saturated carbocycles. The Kier molecular flexibility index (Phi) is 3.43.